The van der Waals surface area contributed by atoms with E-state index in [9.17, 15) is 22.4 Å². The molecule has 0 bridgehead atoms. The zero-order valence-electron chi connectivity index (χ0n) is 15.2. The first-order valence-electron chi connectivity index (χ1n) is 9.20. The smallest absolute Gasteiger partial charge is 0.320 e. The van der Waals surface area contributed by atoms with Gasteiger partial charge in [0.05, 0.1) is 5.69 Å². The Hall–Kier alpha value is -2.58. The van der Waals surface area contributed by atoms with E-state index in [0.29, 0.717) is 16.8 Å². The lowest BCUT2D eigenvalue weighted by Crippen LogP contribution is -2.51. The molecular weight excluding hydrogens is 376 g/mol. The van der Waals surface area contributed by atoms with Crippen LogP contribution in [0, 0.1) is 11.6 Å². The van der Waals surface area contributed by atoms with E-state index >= 15 is 0 Å². The van der Waals surface area contributed by atoms with Gasteiger partial charge in [-0.3, -0.25) is 10.00 Å². The summed E-state index contributed by atoms with van der Waals surface area (Å²) in [5, 5.41) is 9.46. The van der Waals surface area contributed by atoms with E-state index < -0.39 is 29.6 Å². The van der Waals surface area contributed by atoms with Crippen molar-refractivity contribution in [2.45, 2.75) is 50.0 Å². The molecule has 28 heavy (non-hydrogen) atoms. The summed E-state index contributed by atoms with van der Waals surface area (Å²) in [5.41, 5.74) is 1.59. The minimum Gasteiger partial charge on any atom is -0.335 e. The topological polar surface area (TPSA) is 59.0 Å². The normalized spacial score (nSPS) is 19.0. The number of hydrogen-bond donors (Lipinski definition) is 2. The number of anilines is 1. The number of benzene rings is 1. The lowest BCUT2D eigenvalue weighted by molar-refractivity contribution is -0.0893. The van der Waals surface area contributed by atoms with Crippen molar-refractivity contribution in [2.24, 2.45) is 7.05 Å². The first kappa shape index (κ1) is 18.8. The first-order valence-corrected chi connectivity index (χ1v) is 9.20. The van der Waals surface area contributed by atoms with Gasteiger partial charge in [-0.05, 0) is 30.9 Å². The molecule has 2 aliphatic rings. The molecule has 1 aromatic heterocycles. The second-order valence-corrected chi connectivity index (χ2v) is 7.58. The van der Waals surface area contributed by atoms with Crippen LogP contribution in [0.15, 0.2) is 18.2 Å². The standard InChI is InChI=1S/C19H20F4N4O/c1-27-16(11-5-12(20)7-13(21)6-11)15(10-3-2-4-10)17(26-27)25-18(28)24-14-8-19(22,23)9-14/h5-7,10,14H,2-4,8-9H2,1H3,(H2,24,25,26,28). The fraction of sp³-hybridized carbons (Fsp3) is 0.474. The molecule has 2 amide bonds. The molecule has 0 radical (unpaired) electrons. The van der Waals surface area contributed by atoms with Crippen LogP contribution in [0.2, 0.25) is 0 Å². The predicted molar refractivity (Wildman–Crippen MR) is 95.3 cm³/mol. The van der Waals surface area contributed by atoms with Crippen molar-refractivity contribution in [3.8, 4) is 11.3 Å². The van der Waals surface area contributed by atoms with Crippen molar-refractivity contribution in [2.75, 3.05) is 5.32 Å². The maximum absolute atomic E-state index is 13.7. The van der Waals surface area contributed by atoms with Gasteiger partial charge in [0.2, 0.25) is 0 Å². The molecule has 9 heteroatoms. The van der Waals surface area contributed by atoms with Crippen LogP contribution in [0.1, 0.15) is 43.6 Å². The van der Waals surface area contributed by atoms with Crippen LogP contribution >= 0.6 is 0 Å². The molecular formula is C19H20F4N4O. The summed E-state index contributed by atoms with van der Waals surface area (Å²) >= 11 is 0. The summed E-state index contributed by atoms with van der Waals surface area (Å²) in [6.07, 6.45) is 2.00. The van der Waals surface area contributed by atoms with Crippen LogP contribution in [0.25, 0.3) is 11.3 Å². The quantitative estimate of drug-likeness (QED) is 0.745. The summed E-state index contributed by atoms with van der Waals surface area (Å²) in [7, 11) is 1.63. The minimum absolute atomic E-state index is 0.110. The Kier molecular flexibility index (Phi) is 4.55. The lowest BCUT2D eigenvalue weighted by atomic mass is 9.79. The summed E-state index contributed by atoms with van der Waals surface area (Å²) in [6, 6.07) is 2.05. The number of carbonyl (C=O) groups is 1. The Morgan fingerprint density at radius 3 is 2.36 bits per heavy atom. The number of aryl methyl sites for hydroxylation is 1. The second-order valence-electron chi connectivity index (χ2n) is 7.58. The van der Waals surface area contributed by atoms with Crippen molar-refractivity contribution >= 4 is 11.8 Å². The number of hydrogen-bond acceptors (Lipinski definition) is 2. The lowest BCUT2D eigenvalue weighted by Gasteiger charge is -2.35. The average Bonchev–Trinajstić information content (AvgIpc) is 2.78. The maximum Gasteiger partial charge on any atom is 0.320 e. The third-order valence-electron chi connectivity index (χ3n) is 5.39. The van der Waals surface area contributed by atoms with Gasteiger partial charge in [-0.1, -0.05) is 6.42 Å². The third kappa shape index (κ3) is 3.57. The highest BCUT2D eigenvalue weighted by atomic mass is 19.3. The fourth-order valence-electron chi connectivity index (χ4n) is 3.84. The number of amides is 2. The van der Waals surface area contributed by atoms with Gasteiger partial charge < -0.3 is 5.32 Å². The van der Waals surface area contributed by atoms with E-state index in [2.05, 4.69) is 15.7 Å². The Balaban J connectivity index is 1.62. The molecule has 2 aromatic rings. The summed E-state index contributed by atoms with van der Waals surface area (Å²) in [5.74, 6) is -3.73. The van der Waals surface area contributed by atoms with Crippen molar-refractivity contribution < 1.29 is 22.4 Å². The average molecular weight is 396 g/mol. The Labute approximate surface area is 159 Å². The predicted octanol–water partition coefficient (Wildman–Crippen LogP) is 4.55. The molecule has 2 saturated carbocycles. The van der Waals surface area contributed by atoms with Crippen LogP contribution in [-0.4, -0.2) is 27.8 Å². The van der Waals surface area contributed by atoms with E-state index in [1.165, 1.54) is 16.8 Å². The maximum atomic E-state index is 13.7. The Bertz CT molecular complexity index is 895. The molecule has 2 N–H and O–H groups in total. The number of nitrogens with zero attached hydrogens (tertiary/aromatic N) is 2. The Morgan fingerprint density at radius 1 is 1.18 bits per heavy atom. The van der Waals surface area contributed by atoms with Crippen LogP contribution in [-0.2, 0) is 7.05 Å². The molecule has 150 valence electrons. The van der Waals surface area contributed by atoms with Gasteiger partial charge in [-0.25, -0.2) is 22.4 Å². The van der Waals surface area contributed by atoms with Crippen LogP contribution in [0.5, 0.6) is 0 Å². The molecule has 1 aromatic carbocycles. The Morgan fingerprint density at radius 2 is 1.82 bits per heavy atom. The van der Waals surface area contributed by atoms with Gasteiger partial charge in [0.15, 0.2) is 5.82 Å². The van der Waals surface area contributed by atoms with Crippen LogP contribution in [0.3, 0.4) is 0 Å². The fourth-order valence-corrected chi connectivity index (χ4v) is 3.84. The number of alkyl halides is 2. The molecule has 2 fully saturated rings. The molecule has 0 aliphatic heterocycles. The van der Waals surface area contributed by atoms with Crippen molar-refractivity contribution in [3.63, 3.8) is 0 Å². The summed E-state index contributed by atoms with van der Waals surface area (Å²) in [6.45, 7) is 0. The van der Waals surface area contributed by atoms with Crippen molar-refractivity contribution in [3.05, 3.63) is 35.4 Å². The zero-order valence-corrected chi connectivity index (χ0v) is 15.2. The number of rotatable bonds is 4. The zero-order chi connectivity index (χ0) is 20.1. The van der Waals surface area contributed by atoms with E-state index in [1.807, 2.05) is 0 Å². The SMILES string of the molecule is Cn1nc(NC(=O)NC2CC(F)(F)C2)c(C2CCC2)c1-c1cc(F)cc(F)c1. The highest BCUT2D eigenvalue weighted by Gasteiger charge is 2.46. The molecule has 5 nitrogen and oxygen atoms in total. The molecule has 1 heterocycles. The number of carbonyl (C=O) groups excluding carboxylic acids is 1. The number of urea groups is 1. The summed E-state index contributed by atoms with van der Waals surface area (Å²) < 4.78 is 54.8. The monoisotopic (exact) mass is 396 g/mol. The van der Waals surface area contributed by atoms with Gasteiger partial charge in [0, 0.05) is 43.1 Å². The van der Waals surface area contributed by atoms with Gasteiger partial charge in [-0.15, -0.1) is 0 Å². The largest absolute Gasteiger partial charge is 0.335 e. The first-order chi connectivity index (χ1) is 13.2. The number of aromatic nitrogens is 2. The van der Waals surface area contributed by atoms with Gasteiger partial charge >= 0.3 is 6.03 Å². The van der Waals surface area contributed by atoms with Crippen LogP contribution < -0.4 is 10.6 Å². The van der Waals surface area contributed by atoms with E-state index in [-0.39, 0.29) is 24.6 Å². The van der Waals surface area contributed by atoms with Gasteiger partial charge in [0.25, 0.3) is 5.92 Å². The number of nitrogens with one attached hydrogen (secondary N) is 2. The van der Waals surface area contributed by atoms with E-state index in [4.69, 9.17) is 0 Å². The van der Waals surface area contributed by atoms with Gasteiger partial charge in [-0.2, -0.15) is 5.10 Å². The minimum atomic E-state index is -2.73. The van der Waals surface area contributed by atoms with Crippen molar-refractivity contribution in [1.82, 2.24) is 15.1 Å². The molecule has 0 spiro atoms. The van der Waals surface area contributed by atoms with Crippen LogP contribution in [0.4, 0.5) is 28.2 Å². The summed E-state index contributed by atoms with van der Waals surface area (Å²) in [4.78, 5) is 12.2. The molecule has 0 unspecified atom stereocenters. The van der Waals surface area contributed by atoms with Crippen molar-refractivity contribution in [1.29, 1.82) is 0 Å². The molecule has 2 aliphatic carbocycles. The second kappa shape index (κ2) is 6.79. The molecule has 0 saturated heterocycles. The highest BCUT2D eigenvalue weighted by molar-refractivity contribution is 5.91. The third-order valence-corrected chi connectivity index (χ3v) is 5.39. The van der Waals surface area contributed by atoms with E-state index in [1.54, 1.807) is 7.05 Å². The number of halogens is 4. The van der Waals surface area contributed by atoms with E-state index in [0.717, 1.165) is 25.3 Å². The highest BCUT2D eigenvalue weighted by Crippen LogP contribution is 2.45. The van der Waals surface area contributed by atoms with Gasteiger partial charge in [0.1, 0.15) is 11.6 Å². The molecule has 4 rings (SSSR count). The molecule has 0 atom stereocenters.